The van der Waals surface area contributed by atoms with Gasteiger partial charge in [-0.1, -0.05) is 11.6 Å². The molecule has 0 radical (unpaired) electrons. The molecule has 49 heavy (non-hydrogen) atoms. The Balaban J connectivity index is 1.55. The van der Waals surface area contributed by atoms with Gasteiger partial charge in [0.05, 0.1) is 28.7 Å². The molecule has 1 aromatic heterocycles. The molecule has 0 unspecified atom stereocenters. The zero-order chi connectivity index (χ0) is 35.5. The predicted octanol–water partition coefficient (Wildman–Crippen LogP) is 5.99. The number of amides is 1. The summed E-state index contributed by atoms with van der Waals surface area (Å²) in [6.07, 6.45) is -7.48. The van der Waals surface area contributed by atoms with Gasteiger partial charge in [-0.05, 0) is 26.0 Å². The number of alkyl halides is 5. The highest BCUT2D eigenvalue weighted by Crippen LogP contribution is 2.51. The van der Waals surface area contributed by atoms with Crippen molar-refractivity contribution in [3.8, 4) is 11.1 Å². The second-order valence-electron chi connectivity index (χ2n) is 12.8. The summed E-state index contributed by atoms with van der Waals surface area (Å²) < 4.78 is 102. The predicted molar refractivity (Wildman–Crippen MR) is 174 cm³/mol. The fourth-order valence-corrected chi connectivity index (χ4v) is 8.64. The van der Waals surface area contributed by atoms with Gasteiger partial charge in [-0.25, -0.2) is 22.4 Å². The Bertz CT molecular complexity index is 1830. The Hall–Kier alpha value is -3.08. The van der Waals surface area contributed by atoms with E-state index < -0.39 is 63.7 Å². The van der Waals surface area contributed by atoms with E-state index in [2.05, 4.69) is 4.98 Å². The second kappa shape index (κ2) is 13.6. The Morgan fingerprint density at radius 1 is 1.02 bits per heavy atom. The van der Waals surface area contributed by atoms with E-state index in [1.54, 1.807) is 28.5 Å². The first kappa shape index (κ1) is 35.7. The molecule has 3 aliphatic heterocycles. The molecule has 3 aliphatic rings. The molecule has 0 aliphatic carbocycles. The molecule has 2 aromatic carbocycles. The van der Waals surface area contributed by atoms with Crippen LogP contribution in [0.4, 0.5) is 36.6 Å². The van der Waals surface area contributed by atoms with Crippen LogP contribution in [0, 0.1) is 11.6 Å². The number of aromatic nitrogens is 2. The Labute approximate surface area is 286 Å². The summed E-state index contributed by atoms with van der Waals surface area (Å²) in [6, 6.07) is 0.772. The third-order valence-corrected chi connectivity index (χ3v) is 11.0. The van der Waals surface area contributed by atoms with Gasteiger partial charge >= 0.3 is 11.9 Å². The molecule has 0 spiro atoms. The van der Waals surface area contributed by atoms with Crippen molar-refractivity contribution in [1.29, 1.82) is 0 Å². The Kier molecular flexibility index (Phi) is 9.89. The lowest BCUT2D eigenvalue weighted by Gasteiger charge is -2.45. The van der Waals surface area contributed by atoms with Crippen molar-refractivity contribution in [2.75, 3.05) is 63.0 Å². The van der Waals surface area contributed by atoms with Crippen LogP contribution in [0.2, 0.25) is 5.02 Å². The minimum absolute atomic E-state index is 0.0107. The number of thioether (sulfide) groups is 1. The molecule has 2 fully saturated rings. The van der Waals surface area contributed by atoms with Gasteiger partial charge in [0.1, 0.15) is 17.5 Å². The first-order chi connectivity index (χ1) is 23.0. The monoisotopic (exact) mass is 734 g/mol. The van der Waals surface area contributed by atoms with Gasteiger partial charge in [0.15, 0.2) is 0 Å². The van der Waals surface area contributed by atoms with E-state index in [4.69, 9.17) is 11.6 Å². The van der Waals surface area contributed by atoms with E-state index in [0.29, 0.717) is 38.8 Å². The molecular formula is C32H34ClF7N6O2S. The molecule has 3 atom stereocenters. The van der Waals surface area contributed by atoms with Crippen LogP contribution in [-0.2, 0) is 11.0 Å². The molecule has 3 aromatic rings. The van der Waals surface area contributed by atoms with Crippen molar-refractivity contribution in [3.05, 3.63) is 50.9 Å². The number of hydrogen-bond donors (Lipinski definition) is 0. The maximum Gasteiger partial charge on any atom is 0.417 e. The van der Waals surface area contributed by atoms with Gasteiger partial charge in [-0.2, -0.15) is 18.2 Å². The van der Waals surface area contributed by atoms with Gasteiger partial charge in [0.25, 0.3) is 6.43 Å². The number of anilines is 1. The number of carbonyl (C=O) groups is 1. The van der Waals surface area contributed by atoms with Crippen LogP contribution < -0.4 is 10.6 Å². The molecule has 0 N–H and O–H groups in total. The lowest BCUT2D eigenvalue weighted by atomic mass is 9.95. The van der Waals surface area contributed by atoms with Crippen molar-refractivity contribution in [1.82, 2.24) is 24.3 Å². The molecule has 8 nitrogen and oxygen atoms in total. The van der Waals surface area contributed by atoms with E-state index in [1.807, 2.05) is 4.90 Å². The summed E-state index contributed by atoms with van der Waals surface area (Å²) in [5.41, 5.74) is -2.91. The molecule has 0 saturated carbocycles. The number of hydrogen-bond acceptors (Lipinski definition) is 7. The maximum atomic E-state index is 15.4. The van der Waals surface area contributed by atoms with Crippen molar-refractivity contribution in [2.45, 2.75) is 56.4 Å². The minimum atomic E-state index is -5.01. The van der Waals surface area contributed by atoms with Crippen LogP contribution in [0.5, 0.6) is 0 Å². The van der Waals surface area contributed by atoms with Gasteiger partial charge < -0.3 is 9.80 Å². The molecule has 6 rings (SSSR count). The number of piperazine rings is 2. The van der Waals surface area contributed by atoms with Crippen LogP contribution in [0.25, 0.3) is 22.0 Å². The average molecular weight is 735 g/mol. The van der Waals surface area contributed by atoms with Gasteiger partial charge in [-0.3, -0.25) is 19.2 Å². The number of rotatable bonds is 6. The zero-order valence-electron chi connectivity index (χ0n) is 26.8. The molecule has 0 bridgehead atoms. The largest absolute Gasteiger partial charge is 0.417 e. The first-order valence-electron chi connectivity index (χ1n) is 15.8. The van der Waals surface area contributed by atoms with E-state index in [9.17, 15) is 35.9 Å². The number of benzene rings is 2. The van der Waals surface area contributed by atoms with Crippen LogP contribution in [-0.4, -0.2) is 107 Å². The zero-order valence-corrected chi connectivity index (χ0v) is 28.4. The molecule has 4 heterocycles. The topological polar surface area (TPSA) is 64.9 Å². The summed E-state index contributed by atoms with van der Waals surface area (Å²) in [4.78, 5) is 37.7. The van der Waals surface area contributed by atoms with Gasteiger partial charge in [-0.15, -0.1) is 11.8 Å². The highest BCUT2D eigenvalue weighted by Gasteiger charge is 2.41. The molecule has 2 saturated heterocycles. The average Bonchev–Trinajstić information content (AvgIpc) is 3.02. The number of nitrogens with zero attached hydrogens (tertiary/aromatic N) is 6. The van der Waals surface area contributed by atoms with Crippen LogP contribution in [0.1, 0.15) is 32.4 Å². The van der Waals surface area contributed by atoms with Crippen molar-refractivity contribution < 1.29 is 35.5 Å². The normalized spacial score (nSPS) is 22.4. The molecule has 17 heteroatoms. The SMILES string of the molecule is CC(=O)N1C[C@H](C)N(c2nc(=O)n3c4c(c(-c5cc(Cl)c(F)cc5F)c(C(F)(F)F)cc24)SC[C@@H]3CN2CCN(CC(F)F)CC2)C[C@H]1C. The van der Waals surface area contributed by atoms with Crippen molar-refractivity contribution >= 4 is 46.0 Å². The van der Waals surface area contributed by atoms with Gasteiger partial charge in [0.2, 0.25) is 5.91 Å². The van der Waals surface area contributed by atoms with Crippen molar-refractivity contribution in [3.63, 3.8) is 0 Å². The van der Waals surface area contributed by atoms with Gasteiger partial charge in [0, 0.05) is 98.0 Å². The third-order valence-electron chi connectivity index (χ3n) is 9.51. The molecular weight excluding hydrogens is 701 g/mol. The standard InChI is InChI=1S/C32H34ClF7N6O2S/c1-16-12-45(17(2)11-44(16)18(3)47)30-21-8-22(32(38,39)40)27(20-9-23(33)25(35)10-24(20)34)29-28(21)46(31(48)41-30)19(15-49-29)13-42-4-6-43(7-5-42)14-26(36)37/h8-10,16-17,19,26H,4-7,11-15H2,1-3H3/t16-,17+,19+/m1/s1. The highest BCUT2D eigenvalue weighted by atomic mass is 35.5. The van der Waals surface area contributed by atoms with Crippen LogP contribution >= 0.6 is 23.4 Å². The molecule has 266 valence electrons. The second-order valence-corrected chi connectivity index (χ2v) is 14.3. The lowest BCUT2D eigenvalue weighted by Crippen LogP contribution is -2.58. The van der Waals surface area contributed by atoms with Crippen molar-refractivity contribution in [2.24, 2.45) is 0 Å². The maximum absolute atomic E-state index is 15.4. The third kappa shape index (κ3) is 6.85. The van der Waals surface area contributed by atoms with Crippen LogP contribution in [0.3, 0.4) is 0 Å². The van der Waals surface area contributed by atoms with E-state index in [-0.39, 0.29) is 59.0 Å². The highest BCUT2D eigenvalue weighted by molar-refractivity contribution is 7.99. The Morgan fingerprint density at radius 3 is 2.33 bits per heavy atom. The van der Waals surface area contributed by atoms with E-state index in [0.717, 1.165) is 23.9 Å². The fourth-order valence-electron chi connectivity index (χ4n) is 7.16. The first-order valence-corrected chi connectivity index (χ1v) is 17.2. The summed E-state index contributed by atoms with van der Waals surface area (Å²) in [6.45, 7) is 7.04. The summed E-state index contributed by atoms with van der Waals surface area (Å²) in [5, 5.41) is -0.547. The number of carbonyl (C=O) groups excluding carboxylic acids is 1. The fraction of sp³-hybridized carbons (Fsp3) is 0.531. The minimum Gasteiger partial charge on any atom is -0.349 e. The number of halogens is 8. The lowest BCUT2D eigenvalue weighted by molar-refractivity contribution is -0.137. The smallest absolute Gasteiger partial charge is 0.349 e. The quantitative estimate of drug-likeness (QED) is 0.228. The molecule has 1 amide bonds. The summed E-state index contributed by atoms with van der Waals surface area (Å²) in [7, 11) is 0. The van der Waals surface area contributed by atoms with Crippen LogP contribution in [0.15, 0.2) is 27.9 Å². The van der Waals surface area contributed by atoms with E-state index >= 15 is 4.39 Å². The summed E-state index contributed by atoms with van der Waals surface area (Å²) >= 11 is 6.99. The summed E-state index contributed by atoms with van der Waals surface area (Å²) in [5.74, 6) is -2.42. The van der Waals surface area contributed by atoms with E-state index in [1.165, 1.54) is 11.5 Å². The Morgan fingerprint density at radius 2 is 1.69 bits per heavy atom.